The second-order valence-corrected chi connectivity index (χ2v) is 5.64. The summed E-state index contributed by atoms with van der Waals surface area (Å²) in [6.45, 7) is 0.297. The second kappa shape index (κ2) is 6.46. The average Bonchev–Trinajstić information content (AvgIpc) is 3.17. The van der Waals surface area contributed by atoms with Crippen molar-refractivity contribution in [3.63, 3.8) is 0 Å². The molecule has 1 aromatic rings. The second-order valence-electron chi connectivity index (χ2n) is 4.77. The molecule has 0 aliphatic heterocycles. The Kier molecular flexibility index (Phi) is 4.89. The van der Waals surface area contributed by atoms with Gasteiger partial charge in [-0.2, -0.15) is 0 Å². The highest BCUT2D eigenvalue weighted by atomic mass is 35.5. The zero-order valence-electron chi connectivity index (χ0n) is 11.0. The summed E-state index contributed by atoms with van der Waals surface area (Å²) >= 11 is 11.9. The molecular weight excluding hydrogens is 301 g/mol. The van der Waals surface area contributed by atoms with Gasteiger partial charge in [0.1, 0.15) is 0 Å². The van der Waals surface area contributed by atoms with Crippen LogP contribution in [0.2, 0.25) is 10.0 Å². The van der Waals surface area contributed by atoms with Crippen molar-refractivity contribution in [1.82, 2.24) is 5.32 Å². The summed E-state index contributed by atoms with van der Waals surface area (Å²) < 4.78 is 4.51. The van der Waals surface area contributed by atoms with Gasteiger partial charge in [-0.05, 0) is 36.1 Å². The molecule has 1 aliphatic rings. The zero-order chi connectivity index (χ0) is 14.7. The van der Waals surface area contributed by atoms with Crippen LogP contribution in [0, 0.1) is 5.92 Å². The molecule has 1 aliphatic carbocycles. The monoisotopic (exact) mass is 315 g/mol. The number of benzene rings is 1. The fourth-order valence-electron chi connectivity index (χ4n) is 2.16. The van der Waals surface area contributed by atoms with Crippen LogP contribution in [0.3, 0.4) is 0 Å². The number of hydrogen-bond donors (Lipinski definition) is 1. The predicted molar refractivity (Wildman–Crippen MR) is 77.0 cm³/mol. The Bertz CT molecular complexity index is 513. The third kappa shape index (κ3) is 3.87. The van der Waals surface area contributed by atoms with Crippen LogP contribution in [0.4, 0.5) is 0 Å². The summed E-state index contributed by atoms with van der Waals surface area (Å²) in [4.78, 5) is 22.8. The smallest absolute Gasteiger partial charge is 0.307 e. The molecule has 0 unspecified atom stereocenters. The molecule has 6 heteroatoms. The number of ether oxygens (including phenoxy) is 1. The van der Waals surface area contributed by atoms with Gasteiger partial charge in [0.15, 0.2) is 0 Å². The first-order valence-electron chi connectivity index (χ1n) is 6.31. The summed E-state index contributed by atoms with van der Waals surface area (Å²) in [6, 6.07) is 5.33. The Morgan fingerprint density at radius 2 is 1.95 bits per heavy atom. The van der Waals surface area contributed by atoms with Crippen LogP contribution in [-0.4, -0.2) is 25.5 Å². The van der Waals surface area contributed by atoms with Crippen LogP contribution < -0.4 is 5.32 Å². The molecule has 1 saturated carbocycles. The molecular formula is C14H15Cl2NO3. The SMILES string of the molecule is COC(=O)CCNC(=O)[C@@H]1C[C@@H]1c1cc(Cl)cc(Cl)c1. The van der Waals surface area contributed by atoms with E-state index in [0.29, 0.717) is 16.6 Å². The lowest BCUT2D eigenvalue weighted by Crippen LogP contribution is -2.28. The Morgan fingerprint density at radius 3 is 2.55 bits per heavy atom. The molecule has 4 nitrogen and oxygen atoms in total. The van der Waals surface area contributed by atoms with Crippen LogP contribution in [0.1, 0.15) is 24.3 Å². The third-order valence-electron chi connectivity index (χ3n) is 3.30. The quantitative estimate of drug-likeness (QED) is 0.850. The van der Waals surface area contributed by atoms with Gasteiger partial charge in [-0.3, -0.25) is 9.59 Å². The maximum absolute atomic E-state index is 11.9. The summed E-state index contributed by atoms with van der Waals surface area (Å²) in [6.07, 6.45) is 0.962. The van der Waals surface area contributed by atoms with Gasteiger partial charge >= 0.3 is 5.97 Å². The largest absolute Gasteiger partial charge is 0.469 e. The Hall–Kier alpha value is -1.26. The molecule has 0 radical (unpaired) electrons. The first kappa shape index (κ1) is 15.1. The summed E-state index contributed by atoms with van der Waals surface area (Å²) in [7, 11) is 1.32. The molecule has 2 atom stereocenters. The summed E-state index contributed by atoms with van der Waals surface area (Å²) in [5.41, 5.74) is 0.982. The van der Waals surface area contributed by atoms with E-state index in [1.807, 2.05) is 12.1 Å². The molecule has 2 rings (SSSR count). The van der Waals surface area contributed by atoms with Gasteiger partial charge in [0.2, 0.25) is 5.91 Å². The first-order valence-corrected chi connectivity index (χ1v) is 7.07. The van der Waals surface area contributed by atoms with Gasteiger partial charge in [0.25, 0.3) is 0 Å². The third-order valence-corrected chi connectivity index (χ3v) is 3.73. The van der Waals surface area contributed by atoms with Crippen molar-refractivity contribution < 1.29 is 14.3 Å². The van der Waals surface area contributed by atoms with E-state index in [1.54, 1.807) is 6.07 Å². The topological polar surface area (TPSA) is 55.4 Å². The lowest BCUT2D eigenvalue weighted by Gasteiger charge is -2.05. The molecule has 0 aromatic heterocycles. The van der Waals surface area contributed by atoms with Gasteiger partial charge in [-0.25, -0.2) is 0 Å². The molecule has 20 heavy (non-hydrogen) atoms. The summed E-state index contributed by atoms with van der Waals surface area (Å²) in [5, 5.41) is 3.88. The van der Waals surface area contributed by atoms with Crippen molar-refractivity contribution in [3.05, 3.63) is 33.8 Å². The van der Waals surface area contributed by atoms with Crippen molar-refractivity contribution >= 4 is 35.1 Å². The number of hydrogen-bond acceptors (Lipinski definition) is 3. The van der Waals surface area contributed by atoms with E-state index in [-0.39, 0.29) is 30.1 Å². The normalized spacial score (nSPS) is 20.4. The summed E-state index contributed by atoms with van der Waals surface area (Å²) in [5.74, 6) is -0.291. The fourth-order valence-corrected chi connectivity index (χ4v) is 2.71. The molecule has 1 aromatic carbocycles. The highest BCUT2D eigenvalue weighted by Gasteiger charge is 2.43. The van der Waals surface area contributed by atoms with Gasteiger partial charge in [-0.15, -0.1) is 0 Å². The van der Waals surface area contributed by atoms with Crippen LogP contribution in [0.5, 0.6) is 0 Å². The van der Waals surface area contributed by atoms with Gasteiger partial charge in [0.05, 0.1) is 13.5 Å². The standard InChI is InChI=1S/C14H15Cl2NO3/c1-20-13(18)2-3-17-14(19)12-7-11(12)8-4-9(15)6-10(16)5-8/h4-6,11-12H,2-3,7H2,1H3,(H,17,19)/t11-,12-/m1/s1. The van der Waals surface area contributed by atoms with Crippen LogP contribution in [0.25, 0.3) is 0 Å². The lowest BCUT2D eigenvalue weighted by molar-refractivity contribution is -0.140. The Morgan fingerprint density at radius 1 is 1.30 bits per heavy atom. The first-order chi connectivity index (χ1) is 9.51. The van der Waals surface area contributed by atoms with E-state index in [2.05, 4.69) is 10.1 Å². The molecule has 0 heterocycles. The number of amides is 1. The molecule has 0 bridgehead atoms. The number of halogens is 2. The maximum Gasteiger partial charge on any atom is 0.307 e. The van der Waals surface area contributed by atoms with E-state index in [1.165, 1.54) is 7.11 Å². The fraction of sp³-hybridized carbons (Fsp3) is 0.429. The number of carbonyl (C=O) groups excluding carboxylic acids is 2. The van der Waals surface area contributed by atoms with E-state index in [0.717, 1.165) is 12.0 Å². The average molecular weight is 316 g/mol. The number of esters is 1. The Balaban J connectivity index is 1.84. The molecule has 1 amide bonds. The zero-order valence-corrected chi connectivity index (χ0v) is 12.5. The number of nitrogens with one attached hydrogen (secondary N) is 1. The minimum absolute atomic E-state index is 0.0463. The number of carbonyl (C=O) groups is 2. The van der Waals surface area contributed by atoms with Gasteiger partial charge < -0.3 is 10.1 Å². The lowest BCUT2D eigenvalue weighted by atomic mass is 10.1. The van der Waals surface area contributed by atoms with E-state index in [4.69, 9.17) is 23.2 Å². The highest BCUT2D eigenvalue weighted by molar-refractivity contribution is 6.34. The van der Waals surface area contributed by atoms with Gasteiger partial charge in [0, 0.05) is 22.5 Å². The van der Waals surface area contributed by atoms with E-state index < -0.39 is 0 Å². The number of methoxy groups -OCH3 is 1. The van der Waals surface area contributed by atoms with Crippen LogP contribution >= 0.6 is 23.2 Å². The molecule has 1 N–H and O–H groups in total. The van der Waals surface area contributed by atoms with Crippen molar-refractivity contribution in [2.75, 3.05) is 13.7 Å². The van der Waals surface area contributed by atoms with Crippen molar-refractivity contribution in [3.8, 4) is 0 Å². The minimum Gasteiger partial charge on any atom is -0.469 e. The predicted octanol–water partition coefficient (Wildman–Crippen LogP) is 2.78. The van der Waals surface area contributed by atoms with Crippen molar-refractivity contribution in [2.45, 2.75) is 18.8 Å². The van der Waals surface area contributed by atoms with Crippen LogP contribution in [0.15, 0.2) is 18.2 Å². The molecule has 0 spiro atoms. The van der Waals surface area contributed by atoms with E-state index >= 15 is 0 Å². The van der Waals surface area contributed by atoms with E-state index in [9.17, 15) is 9.59 Å². The Labute approximate surface area is 127 Å². The molecule has 1 fully saturated rings. The van der Waals surface area contributed by atoms with Crippen LogP contribution in [-0.2, 0) is 14.3 Å². The highest BCUT2D eigenvalue weighted by Crippen LogP contribution is 2.48. The maximum atomic E-state index is 11.9. The van der Waals surface area contributed by atoms with Crippen molar-refractivity contribution in [2.24, 2.45) is 5.92 Å². The number of rotatable bonds is 5. The minimum atomic E-state index is -0.334. The van der Waals surface area contributed by atoms with Gasteiger partial charge in [-0.1, -0.05) is 23.2 Å². The molecule has 108 valence electrons. The molecule has 0 saturated heterocycles. The van der Waals surface area contributed by atoms with Crippen molar-refractivity contribution in [1.29, 1.82) is 0 Å².